The van der Waals surface area contributed by atoms with Gasteiger partial charge in [-0.15, -0.1) is 0 Å². The molecule has 0 aromatic heterocycles. The van der Waals surface area contributed by atoms with E-state index in [4.69, 9.17) is 5.73 Å². The van der Waals surface area contributed by atoms with Crippen molar-refractivity contribution < 1.29 is 8.78 Å². The molecule has 0 bridgehead atoms. The van der Waals surface area contributed by atoms with Gasteiger partial charge in [-0.25, -0.2) is 8.78 Å². The van der Waals surface area contributed by atoms with Gasteiger partial charge < -0.3 is 5.73 Å². The molecule has 2 N–H and O–H groups in total. The second kappa shape index (κ2) is 9.22. The first-order chi connectivity index (χ1) is 15.1. The monoisotopic (exact) mass is 431 g/mol. The molecule has 0 radical (unpaired) electrons. The van der Waals surface area contributed by atoms with Crippen molar-refractivity contribution in [1.29, 1.82) is 0 Å². The van der Waals surface area contributed by atoms with Crippen molar-refractivity contribution in [3.05, 3.63) is 75.4 Å². The Balaban J connectivity index is 1.85. The van der Waals surface area contributed by atoms with Crippen molar-refractivity contribution in [2.24, 2.45) is 17.3 Å². The zero-order valence-corrected chi connectivity index (χ0v) is 19.8. The van der Waals surface area contributed by atoms with Crippen LogP contribution in [0.1, 0.15) is 69.7 Å². The lowest BCUT2D eigenvalue weighted by Crippen LogP contribution is -2.44. The highest BCUT2D eigenvalue weighted by molar-refractivity contribution is 5.53. The number of benzene rings is 2. The molecule has 166 valence electrons. The zero-order valence-electron chi connectivity index (χ0n) is 19.8. The molecule has 0 saturated carbocycles. The van der Waals surface area contributed by atoms with Gasteiger partial charge in [0.05, 0.1) is 5.92 Å². The van der Waals surface area contributed by atoms with E-state index < -0.39 is 17.3 Å². The van der Waals surface area contributed by atoms with Crippen LogP contribution in [0.5, 0.6) is 0 Å². The third kappa shape index (κ3) is 4.31. The number of nitrogens with two attached hydrogens (primary N) is 1. The molecule has 0 saturated heterocycles. The van der Waals surface area contributed by atoms with Crippen molar-refractivity contribution in [2.45, 2.75) is 54.4 Å². The van der Waals surface area contributed by atoms with Gasteiger partial charge in [-0.3, -0.25) is 0 Å². The molecule has 0 aliphatic heterocycles. The largest absolute Gasteiger partial charge is 0.394 e. The molecule has 1 nitrogen and oxygen atoms in total. The molecule has 3 heteroatoms. The minimum atomic E-state index is -0.799. The summed E-state index contributed by atoms with van der Waals surface area (Å²) >= 11 is 0. The number of nitrogen functional groups attached to an aromatic ring is 1. The zero-order chi connectivity index (χ0) is 23.6. The number of hydrogen-bond donors (Lipinski definition) is 1. The summed E-state index contributed by atoms with van der Waals surface area (Å²) in [6.45, 7) is 13.3. The van der Waals surface area contributed by atoms with Crippen LogP contribution in [0.4, 0.5) is 14.5 Å². The van der Waals surface area contributed by atoms with Crippen LogP contribution in [0.25, 0.3) is 0 Å². The van der Waals surface area contributed by atoms with Gasteiger partial charge in [0, 0.05) is 22.1 Å². The SMILES string of the molecule is CCCC1=C(C)C(C#Cc2ccc(C#Cc3cc(F)c(N)c(F)c3)c(C)c2)C1(C)C(C)C. The van der Waals surface area contributed by atoms with Crippen molar-refractivity contribution in [3.63, 3.8) is 0 Å². The van der Waals surface area contributed by atoms with E-state index in [1.165, 1.54) is 5.57 Å². The fraction of sp³-hybridized carbons (Fsp3) is 0.379. The van der Waals surface area contributed by atoms with E-state index in [0.717, 1.165) is 41.7 Å². The summed E-state index contributed by atoms with van der Waals surface area (Å²) < 4.78 is 27.3. The van der Waals surface area contributed by atoms with Gasteiger partial charge >= 0.3 is 0 Å². The van der Waals surface area contributed by atoms with Gasteiger partial charge in [0.1, 0.15) is 17.3 Å². The number of rotatable bonds is 3. The second-order valence-corrected chi connectivity index (χ2v) is 9.18. The van der Waals surface area contributed by atoms with Crippen LogP contribution >= 0.6 is 0 Å². The van der Waals surface area contributed by atoms with Crippen LogP contribution in [0.2, 0.25) is 0 Å². The Bertz CT molecular complexity index is 1170. The maximum Gasteiger partial charge on any atom is 0.150 e. The predicted octanol–water partition coefficient (Wildman–Crippen LogP) is 7.02. The van der Waals surface area contributed by atoms with Crippen molar-refractivity contribution in [3.8, 4) is 23.7 Å². The fourth-order valence-corrected chi connectivity index (χ4v) is 4.63. The Morgan fingerprint density at radius 1 is 1.00 bits per heavy atom. The van der Waals surface area contributed by atoms with E-state index in [2.05, 4.69) is 58.3 Å². The highest BCUT2D eigenvalue weighted by atomic mass is 19.1. The highest BCUT2D eigenvalue weighted by Crippen LogP contribution is 2.57. The van der Waals surface area contributed by atoms with Crippen LogP contribution in [0.3, 0.4) is 0 Å². The van der Waals surface area contributed by atoms with E-state index in [0.29, 0.717) is 5.92 Å². The third-order valence-electron chi connectivity index (χ3n) is 6.87. The van der Waals surface area contributed by atoms with Crippen molar-refractivity contribution in [1.82, 2.24) is 0 Å². The number of allylic oxidation sites excluding steroid dienone is 2. The molecule has 2 unspecified atom stereocenters. The Morgan fingerprint density at radius 3 is 2.22 bits per heavy atom. The van der Waals surface area contributed by atoms with E-state index in [-0.39, 0.29) is 16.9 Å². The quantitative estimate of drug-likeness (QED) is 0.316. The maximum atomic E-state index is 13.6. The van der Waals surface area contributed by atoms with Crippen LogP contribution in [0.15, 0.2) is 41.5 Å². The molecule has 0 heterocycles. The Morgan fingerprint density at radius 2 is 1.66 bits per heavy atom. The maximum absolute atomic E-state index is 13.6. The summed E-state index contributed by atoms with van der Waals surface area (Å²) in [5, 5.41) is 0. The smallest absolute Gasteiger partial charge is 0.150 e. The van der Waals surface area contributed by atoms with Crippen LogP contribution in [-0.2, 0) is 0 Å². The first-order valence-corrected chi connectivity index (χ1v) is 11.2. The third-order valence-corrected chi connectivity index (χ3v) is 6.87. The van der Waals surface area contributed by atoms with Gasteiger partial charge in [-0.1, -0.05) is 68.9 Å². The Kier molecular flexibility index (Phi) is 6.80. The average molecular weight is 432 g/mol. The molecule has 0 amide bonds. The van der Waals surface area contributed by atoms with Crippen LogP contribution in [-0.4, -0.2) is 0 Å². The number of hydrogen-bond acceptors (Lipinski definition) is 1. The molecule has 0 fully saturated rings. The van der Waals surface area contributed by atoms with Crippen molar-refractivity contribution >= 4 is 5.69 Å². The lowest BCUT2D eigenvalue weighted by atomic mass is 9.52. The number of halogens is 2. The number of aryl methyl sites for hydroxylation is 1. The van der Waals surface area contributed by atoms with Gasteiger partial charge in [0.25, 0.3) is 0 Å². The predicted molar refractivity (Wildman–Crippen MR) is 129 cm³/mol. The molecular formula is C29H31F2N. The van der Waals surface area contributed by atoms with Gasteiger partial charge in [0.2, 0.25) is 0 Å². The van der Waals surface area contributed by atoms with Crippen molar-refractivity contribution in [2.75, 3.05) is 5.73 Å². The average Bonchev–Trinajstić information content (AvgIpc) is 2.74. The summed E-state index contributed by atoms with van der Waals surface area (Å²) in [6.07, 6.45) is 2.31. The minimum Gasteiger partial charge on any atom is -0.394 e. The molecule has 2 aromatic carbocycles. The normalized spacial score (nSPS) is 19.7. The fourth-order valence-electron chi connectivity index (χ4n) is 4.63. The molecule has 1 aliphatic carbocycles. The van der Waals surface area contributed by atoms with Crippen LogP contribution in [0, 0.1) is 59.5 Å². The first-order valence-electron chi connectivity index (χ1n) is 11.2. The Labute approximate surface area is 191 Å². The minimum absolute atomic E-state index is 0.136. The summed E-state index contributed by atoms with van der Waals surface area (Å²) in [7, 11) is 0. The van der Waals surface area contributed by atoms with E-state index in [9.17, 15) is 8.78 Å². The first kappa shape index (κ1) is 23.6. The standard InChI is InChI=1S/C29H31F2N/c1-7-8-24-20(5)25(29(24,6)18(2)3)14-11-21-9-12-23(19(4)15-21)13-10-22-16-26(30)28(32)27(31)17-22/h9,12,15-18,25H,7-8,32H2,1-6H3. The molecule has 2 atom stereocenters. The molecule has 2 aromatic rings. The van der Waals surface area contributed by atoms with Gasteiger partial charge in [0.15, 0.2) is 0 Å². The molecule has 1 aliphatic rings. The van der Waals surface area contributed by atoms with E-state index in [1.54, 1.807) is 5.57 Å². The molecule has 3 rings (SSSR count). The summed E-state index contributed by atoms with van der Waals surface area (Å²) in [6, 6.07) is 8.16. The summed E-state index contributed by atoms with van der Waals surface area (Å²) in [5.74, 6) is 11.9. The number of anilines is 1. The lowest BCUT2D eigenvalue weighted by Gasteiger charge is -2.51. The lowest BCUT2D eigenvalue weighted by molar-refractivity contribution is 0.173. The molecule has 0 spiro atoms. The van der Waals surface area contributed by atoms with Crippen LogP contribution < -0.4 is 5.73 Å². The van der Waals surface area contributed by atoms with Gasteiger partial charge in [-0.05, 0) is 62.1 Å². The summed E-state index contributed by atoms with van der Waals surface area (Å²) in [4.78, 5) is 0. The Hall–Kier alpha value is -3.04. The molecule has 32 heavy (non-hydrogen) atoms. The van der Waals surface area contributed by atoms with E-state index >= 15 is 0 Å². The second-order valence-electron chi connectivity index (χ2n) is 9.18. The highest BCUT2D eigenvalue weighted by Gasteiger charge is 2.48. The summed E-state index contributed by atoms with van der Waals surface area (Å²) in [5.41, 5.74) is 10.9. The van der Waals surface area contributed by atoms with Gasteiger partial charge in [-0.2, -0.15) is 0 Å². The topological polar surface area (TPSA) is 26.0 Å². The van der Waals surface area contributed by atoms with E-state index in [1.807, 2.05) is 25.1 Å². The molecular weight excluding hydrogens is 400 g/mol.